The van der Waals surface area contributed by atoms with Crippen LogP contribution >= 0.6 is 11.3 Å². The number of nitrogens with zero attached hydrogens (tertiary/aromatic N) is 2. The number of fused-ring (bicyclic) bond motifs is 3. The molecule has 0 spiro atoms. The van der Waals surface area contributed by atoms with E-state index in [9.17, 15) is 0 Å². The van der Waals surface area contributed by atoms with Crippen LogP contribution in [0.25, 0.3) is 31.7 Å². The fourth-order valence-electron chi connectivity index (χ4n) is 2.24. The molecule has 4 aromatic rings. The van der Waals surface area contributed by atoms with Crippen LogP contribution in [0, 0.1) is 0 Å². The van der Waals surface area contributed by atoms with Crippen LogP contribution in [-0.2, 0) is 0 Å². The number of aromatic nitrogens is 2. The first-order valence-electron chi connectivity index (χ1n) is 6.11. The third-order valence-corrected chi connectivity index (χ3v) is 4.31. The van der Waals surface area contributed by atoms with E-state index in [1.807, 2.05) is 42.6 Å². The highest BCUT2D eigenvalue weighted by molar-refractivity contribution is 7.22. The molecule has 0 bridgehead atoms. The van der Waals surface area contributed by atoms with Gasteiger partial charge in [0.15, 0.2) is 0 Å². The summed E-state index contributed by atoms with van der Waals surface area (Å²) in [5.41, 5.74) is 3.24. The highest BCUT2D eigenvalue weighted by Gasteiger charge is 2.08. The first-order valence-corrected chi connectivity index (χ1v) is 6.93. The summed E-state index contributed by atoms with van der Waals surface area (Å²) in [7, 11) is 0. The van der Waals surface area contributed by atoms with Gasteiger partial charge in [0, 0.05) is 17.1 Å². The summed E-state index contributed by atoms with van der Waals surface area (Å²) in [6.07, 6.45) is 1.83. The highest BCUT2D eigenvalue weighted by atomic mass is 32.1. The number of hydrogen-bond donors (Lipinski definition) is 0. The van der Waals surface area contributed by atoms with Crippen molar-refractivity contribution < 1.29 is 0 Å². The molecular weight excluding hydrogens is 252 g/mol. The van der Waals surface area contributed by atoms with Crippen LogP contribution in [-0.4, -0.2) is 9.97 Å². The van der Waals surface area contributed by atoms with Gasteiger partial charge < -0.3 is 0 Å². The second kappa shape index (κ2) is 4.14. The average Bonchev–Trinajstić information content (AvgIpc) is 2.93. The molecule has 0 unspecified atom stereocenters. The molecule has 0 aliphatic rings. The molecule has 90 valence electrons. The minimum absolute atomic E-state index is 1.03. The van der Waals surface area contributed by atoms with Crippen molar-refractivity contribution in [1.82, 2.24) is 9.97 Å². The van der Waals surface area contributed by atoms with Gasteiger partial charge in [0.05, 0.1) is 15.7 Å². The van der Waals surface area contributed by atoms with E-state index in [0.717, 1.165) is 16.0 Å². The molecular formula is C16H10N2S. The van der Waals surface area contributed by atoms with E-state index < -0.39 is 0 Å². The summed E-state index contributed by atoms with van der Waals surface area (Å²) in [5, 5.41) is 2.24. The Balaban J connectivity index is 2.04. The van der Waals surface area contributed by atoms with Crippen LogP contribution in [0.5, 0.6) is 0 Å². The minimum Gasteiger partial charge on any atom is -0.256 e. The summed E-state index contributed by atoms with van der Waals surface area (Å²) in [6, 6.07) is 18.5. The van der Waals surface area contributed by atoms with Gasteiger partial charge >= 0.3 is 0 Å². The van der Waals surface area contributed by atoms with Gasteiger partial charge in [-0.1, -0.05) is 30.3 Å². The SMILES string of the molecule is c1ccc(-c2nc3ccc4ncccc4c3s2)cc1. The minimum atomic E-state index is 1.03. The second-order valence-corrected chi connectivity index (χ2v) is 5.37. The fourth-order valence-corrected chi connectivity index (χ4v) is 3.33. The van der Waals surface area contributed by atoms with E-state index in [4.69, 9.17) is 4.98 Å². The Morgan fingerprint density at radius 1 is 0.789 bits per heavy atom. The normalized spacial score (nSPS) is 11.2. The molecule has 2 heterocycles. The smallest absolute Gasteiger partial charge is 0.124 e. The van der Waals surface area contributed by atoms with Crippen LogP contribution in [0.2, 0.25) is 0 Å². The van der Waals surface area contributed by atoms with Crippen molar-refractivity contribution in [1.29, 1.82) is 0 Å². The van der Waals surface area contributed by atoms with Crippen molar-refractivity contribution in [3.8, 4) is 10.6 Å². The lowest BCUT2D eigenvalue weighted by Gasteiger charge is -1.95. The Kier molecular flexibility index (Phi) is 2.32. The summed E-state index contributed by atoms with van der Waals surface area (Å²) < 4.78 is 1.21. The molecule has 2 aromatic carbocycles. The molecule has 0 fully saturated rings. The number of rotatable bonds is 1. The van der Waals surface area contributed by atoms with Crippen molar-refractivity contribution in [3.63, 3.8) is 0 Å². The Hall–Kier alpha value is -2.26. The molecule has 0 amide bonds. The van der Waals surface area contributed by atoms with Gasteiger partial charge in [-0.05, 0) is 24.3 Å². The van der Waals surface area contributed by atoms with Crippen molar-refractivity contribution in [2.75, 3.05) is 0 Å². The maximum atomic E-state index is 4.72. The van der Waals surface area contributed by atoms with Gasteiger partial charge in [-0.3, -0.25) is 4.98 Å². The Morgan fingerprint density at radius 2 is 1.63 bits per heavy atom. The molecule has 0 saturated carbocycles. The third-order valence-electron chi connectivity index (χ3n) is 3.16. The lowest BCUT2D eigenvalue weighted by molar-refractivity contribution is 1.41. The van der Waals surface area contributed by atoms with E-state index in [-0.39, 0.29) is 0 Å². The number of hydrogen-bond acceptors (Lipinski definition) is 3. The van der Waals surface area contributed by atoms with Gasteiger partial charge in [0.25, 0.3) is 0 Å². The van der Waals surface area contributed by atoms with Crippen LogP contribution in [0.15, 0.2) is 60.8 Å². The molecule has 0 saturated heterocycles. The predicted molar refractivity (Wildman–Crippen MR) is 80.4 cm³/mol. The van der Waals surface area contributed by atoms with E-state index >= 15 is 0 Å². The average molecular weight is 262 g/mol. The van der Waals surface area contributed by atoms with Gasteiger partial charge in [0.2, 0.25) is 0 Å². The van der Waals surface area contributed by atoms with Gasteiger partial charge in [-0.2, -0.15) is 0 Å². The summed E-state index contributed by atoms with van der Waals surface area (Å²) in [6.45, 7) is 0. The summed E-state index contributed by atoms with van der Waals surface area (Å²) >= 11 is 1.73. The first-order chi connectivity index (χ1) is 9.42. The number of benzene rings is 2. The van der Waals surface area contributed by atoms with E-state index in [0.29, 0.717) is 0 Å². The van der Waals surface area contributed by atoms with Crippen LogP contribution < -0.4 is 0 Å². The van der Waals surface area contributed by atoms with Gasteiger partial charge in [-0.15, -0.1) is 11.3 Å². The lowest BCUT2D eigenvalue weighted by Crippen LogP contribution is -1.77. The standard InChI is InChI=1S/C16H10N2S/c1-2-5-11(6-3-1)16-18-14-9-8-13-12(15(14)19-16)7-4-10-17-13/h1-10H. The molecule has 0 atom stereocenters. The molecule has 0 aliphatic heterocycles. The molecule has 3 heteroatoms. The van der Waals surface area contributed by atoms with Crippen molar-refractivity contribution in [2.45, 2.75) is 0 Å². The van der Waals surface area contributed by atoms with E-state index in [1.54, 1.807) is 11.3 Å². The van der Waals surface area contributed by atoms with Gasteiger partial charge in [-0.25, -0.2) is 4.98 Å². The largest absolute Gasteiger partial charge is 0.256 e. The zero-order chi connectivity index (χ0) is 12.7. The topological polar surface area (TPSA) is 25.8 Å². The molecule has 0 N–H and O–H groups in total. The summed E-state index contributed by atoms with van der Waals surface area (Å²) in [4.78, 5) is 9.12. The monoisotopic (exact) mass is 262 g/mol. The maximum absolute atomic E-state index is 4.72. The summed E-state index contributed by atoms with van der Waals surface area (Å²) in [5.74, 6) is 0. The van der Waals surface area contributed by atoms with E-state index in [1.165, 1.54) is 15.6 Å². The molecule has 2 nitrogen and oxygen atoms in total. The molecule has 2 aromatic heterocycles. The Labute approximate surface area is 114 Å². The fraction of sp³-hybridized carbons (Fsp3) is 0. The molecule has 4 rings (SSSR count). The maximum Gasteiger partial charge on any atom is 0.124 e. The van der Waals surface area contributed by atoms with Crippen molar-refractivity contribution in [3.05, 3.63) is 60.8 Å². The molecule has 0 aliphatic carbocycles. The lowest BCUT2D eigenvalue weighted by atomic mass is 10.2. The molecule has 19 heavy (non-hydrogen) atoms. The van der Waals surface area contributed by atoms with Crippen LogP contribution in [0.1, 0.15) is 0 Å². The zero-order valence-electron chi connectivity index (χ0n) is 10.1. The number of pyridine rings is 1. The van der Waals surface area contributed by atoms with Crippen molar-refractivity contribution in [2.24, 2.45) is 0 Å². The third kappa shape index (κ3) is 1.71. The molecule has 0 radical (unpaired) electrons. The second-order valence-electron chi connectivity index (χ2n) is 4.37. The first kappa shape index (κ1) is 10.6. The van der Waals surface area contributed by atoms with Gasteiger partial charge in [0.1, 0.15) is 5.01 Å². The highest BCUT2D eigenvalue weighted by Crippen LogP contribution is 2.34. The van der Waals surface area contributed by atoms with E-state index in [2.05, 4.69) is 23.2 Å². The number of thiazole rings is 1. The van der Waals surface area contributed by atoms with Crippen molar-refractivity contribution >= 4 is 32.5 Å². The zero-order valence-corrected chi connectivity index (χ0v) is 10.9. The Morgan fingerprint density at radius 3 is 2.53 bits per heavy atom. The quantitative estimate of drug-likeness (QED) is 0.504. The predicted octanol–water partition coefficient (Wildman–Crippen LogP) is 4.51. The Bertz CT molecular complexity index is 866. The van der Waals surface area contributed by atoms with Crippen LogP contribution in [0.3, 0.4) is 0 Å². The van der Waals surface area contributed by atoms with Crippen LogP contribution in [0.4, 0.5) is 0 Å².